The summed E-state index contributed by atoms with van der Waals surface area (Å²) in [5, 5.41) is 0. The van der Waals surface area contributed by atoms with Crippen LogP contribution in [0.25, 0.3) is 0 Å². The minimum Gasteiger partial charge on any atom is -0.340 e. The van der Waals surface area contributed by atoms with E-state index < -0.39 is 0 Å². The third-order valence-electron chi connectivity index (χ3n) is 5.04. The Morgan fingerprint density at radius 2 is 2.06 bits per heavy atom. The van der Waals surface area contributed by atoms with Crippen molar-refractivity contribution < 1.29 is 4.79 Å². The summed E-state index contributed by atoms with van der Waals surface area (Å²) >= 11 is 0. The second kappa shape index (κ2) is 4.82. The van der Waals surface area contributed by atoms with E-state index in [9.17, 15) is 4.79 Å². The normalized spacial score (nSPS) is 40.8. The van der Waals surface area contributed by atoms with Gasteiger partial charge in [0.05, 0.1) is 5.41 Å². The highest BCUT2D eigenvalue weighted by atomic mass is 16.2. The van der Waals surface area contributed by atoms with Gasteiger partial charge in [-0.3, -0.25) is 4.79 Å². The van der Waals surface area contributed by atoms with Crippen molar-refractivity contribution in [3.63, 3.8) is 0 Å². The van der Waals surface area contributed by atoms with Gasteiger partial charge < -0.3 is 15.5 Å². The van der Waals surface area contributed by atoms with Gasteiger partial charge >= 0.3 is 0 Å². The fraction of sp³-hybridized carbons (Fsp3) is 0.929. The van der Waals surface area contributed by atoms with Gasteiger partial charge in [-0.1, -0.05) is 13.3 Å². The smallest absolute Gasteiger partial charge is 0.230 e. The molecular formula is C14H27N3O. The predicted octanol–water partition coefficient (Wildman–Crippen LogP) is 0.912. The van der Waals surface area contributed by atoms with Gasteiger partial charge in [-0.15, -0.1) is 0 Å². The van der Waals surface area contributed by atoms with Crippen LogP contribution in [0.5, 0.6) is 0 Å². The number of nitrogens with two attached hydrogens (primary N) is 1. The Morgan fingerprint density at radius 3 is 2.50 bits per heavy atom. The van der Waals surface area contributed by atoms with Gasteiger partial charge in [0.25, 0.3) is 0 Å². The molecule has 4 atom stereocenters. The Labute approximate surface area is 110 Å². The SMILES string of the molecule is CC1CN(C(=O)C2(C)CCCC2N)CC1N(C)C. The first-order valence-corrected chi connectivity index (χ1v) is 7.07. The Kier molecular flexibility index (Phi) is 3.70. The summed E-state index contributed by atoms with van der Waals surface area (Å²) in [6, 6.07) is 0.522. The molecule has 0 aromatic heterocycles. The van der Waals surface area contributed by atoms with Crippen molar-refractivity contribution in [2.45, 2.75) is 45.2 Å². The first-order valence-electron chi connectivity index (χ1n) is 7.07. The van der Waals surface area contributed by atoms with Crippen LogP contribution in [0.2, 0.25) is 0 Å². The van der Waals surface area contributed by atoms with Crippen LogP contribution >= 0.6 is 0 Å². The first-order chi connectivity index (χ1) is 8.36. The lowest BCUT2D eigenvalue weighted by molar-refractivity contribution is -0.140. The Bertz CT molecular complexity index is 331. The average molecular weight is 253 g/mol. The van der Waals surface area contributed by atoms with Gasteiger partial charge in [-0.2, -0.15) is 0 Å². The summed E-state index contributed by atoms with van der Waals surface area (Å²) in [5.41, 5.74) is 5.83. The number of carbonyl (C=O) groups excluding carboxylic acids is 1. The van der Waals surface area contributed by atoms with Gasteiger partial charge in [0.15, 0.2) is 0 Å². The summed E-state index contributed by atoms with van der Waals surface area (Å²) in [6.07, 6.45) is 3.02. The minimum atomic E-state index is -0.319. The Morgan fingerprint density at radius 1 is 1.39 bits per heavy atom. The highest BCUT2D eigenvalue weighted by Gasteiger charge is 2.47. The molecule has 0 bridgehead atoms. The molecule has 2 rings (SSSR count). The summed E-state index contributed by atoms with van der Waals surface area (Å²) in [5.74, 6) is 0.828. The summed E-state index contributed by atoms with van der Waals surface area (Å²) in [6.45, 7) is 6.02. The highest BCUT2D eigenvalue weighted by molar-refractivity contribution is 5.84. The first kappa shape index (κ1) is 13.8. The van der Waals surface area contributed by atoms with Crippen LogP contribution in [0.15, 0.2) is 0 Å². The molecule has 1 saturated heterocycles. The van der Waals surface area contributed by atoms with Crippen molar-refractivity contribution in [1.82, 2.24) is 9.80 Å². The lowest BCUT2D eigenvalue weighted by atomic mass is 9.83. The molecule has 1 saturated carbocycles. The van der Waals surface area contributed by atoms with E-state index in [4.69, 9.17) is 5.73 Å². The maximum Gasteiger partial charge on any atom is 0.230 e. The second-order valence-corrected chi connectivity index (χ2v) is 6.63. The molecule has 1 amide bonds. The molecule has 1 aliphatic carbocycles. The number of rotatable bonds is 2. The van der Waals surface area contributed by atoms with Gasteiger partial charge in [0.2, 0.25) is 5.91 Å². The molecule has 2 fully saturated rings. The van der Waals surface area contributed by atoms with Crippen LogP contribution in [0.1, 0.15) is 33.1 Å². The van der Waals surface area contributed by atoms with E-state index >= 15 is 0 Å². The number of amides is 1. The molecule has 4 nitrogen and oxygen atoms in total. The largest absolute Gasteiger partial charge is 0.340 e. The van der Waals surface area contributed by atoms with E-state index in [-0.39, 0.29) is 17.4 Å². The second-order valence-electron chi connectivity index (χ2n) is 6.63. The molecule has 1 aliphatic heterocycles. The molecule has 4 unspecified atom stereocenters. The van der Waals surface area contributed by atoms with Crippen LogP contribution in [0.4, 0.5) is 0 Å². The van der Waals surface area contributed by atoms with Crippen molar-refractivity contribution in [2.75, 3.05) is 27.2 Å². The number of hydrogen-bond acceptors (Lipinski definition) is 3. The highest BCUT2D eigenvalue weighted by Crippen LogP contribution is 2.39. The molecule has 4 heteroatoms. The lowest BCUT2D eigenvalue weighted by Crippen LogP contribution is -2.49. The van der Waals surface area contributed by atoms with Gasteiger partial charge in [-0.25, -0.2) is 0 Å². The monoisotopic (exact) mass is 253 g/mol. The summed E-state index contributed by atoms with van der Waals surface area (Å²) in [4.78, 5) is 17.0. The maximum absolute atomic E-state index is 12.7. The van der Waals surface area contributed by atoms with Gasteiger partial charge in [0.1, 0.15) is 0 Å². The zero-order valence-electron chi connectivity index (χ0n) is 12.1. The molecule has 1 heterocycles. The number of carbonyl (C=O) groups is 1. The van der Waals surface area contributed by atoms with Crippen LogP contribution in [0, 0.1) is 11.3 Å². The van der Waals surface area contributed by atoms with Crippen LogP contribution < -0.4 is 5.73 Å². The van der Waals surface area contributed by atoms with Gasteiger partial charge in [0, 0.05) is 25.2 Å². The molecule has 0 aromatic rings. The van der Waals surface area contributed by atoms with E-state index in [2.05, 4.69) is 32.8 Å². The topological polar surface area (TPSA) is 49.6 Å². The maximum atomic E-state index is 12.7. The fourth-order valence-electron chi connectivity index (χ4n) is 3.61. The molecule has 0 spiro atoms. The number of nitrogens with zero attached hydrogens (tertiary/aromatic N) is 2. The van der Waals surface area contributed by atoms with E-state index in [0.717, 1.165) is 32.4 Å². The van der Waals surface area contributed by atoms with E-state index in [1.807, 2.05) is 4.90 Å². The molecule has 104 valence electrons. The average Bonchev–Trinajstić information content (AvgIpc) is 2.83. The van der Waals surface area contributed by atoms with Crippen LogP contribution in [-0.2, 0) is 4.79 Å². The third kappa shape index (κ3) is 2.16. The zero-order valence-corrected chi connectivity index (χ0v) is 12.1. The molecule has 2 aliphatic rings. The van der Waals surface area contributed by atoms with Crippen molar-refractivity contribution in [1.29, 1.82) is 0 Å². The van der Waals surface area contributed by atoms with E-state index in [1.165, 1.54) is 0 Å². The van der Waals surface area contributed by atoms with Crippen LogP contribution in [0.3, 0.4) is 0 Å². The van der Waals surface area contributed by atoms with Crippen molar-refractivity contribution in [3.8, 4) is 0 Å². The molecule has 0 aromatic carbocycles. The number of hydrogen-bond donors (Lipinski definition) is 1. The predicted molar refractivity (Wildman–Crippen MR) is 73.2 cm³/mol. The number of likely N-dealkylation sites (N-methyl/N-ethyl adjacent to an activating group) is 1. The fourth-order valence-corrected chi connectivity index (χ4v) is 3.61. The zero-order chi connectivity index (χ0) is 13.5. The molecule has 0 radical (unpaired) electrons. The standard InChI is InChI=1S/C14H27N3O/c1-10-8-17(9-11(10)16(3)4)13(18)14(2)7-5-6-12(14)15/h10-12H,5-9,15H2,1-4H3. The van der Waals surface area contributed by atoms with Crippen molar-refractivity contribution in [2.24, 2.45) is 17.1 Å². The van der Waals surface area contributed by atoms with Crippen molar-refractivity contribution >= 4 is 5.91 Å². The lowest BCUT2D eigenvalue weighted by Gasteiger charge is -2.32. The quantitative estimate of drug-likeness (QED) is 0.796. The van der Waals surface area contributed by atoms with E-state index in [0.29, 0.717) is 12.0 Å². The van der Waals surface area contributed by atoms with E-state index in [1.54, 1.807) is 0 Å². The summed E-state index contributed by atoms with van der Waals surface area (Å²) in [7, 11) is 4.19. The summed E-state index contributed by atoms with van der Waals surface area (Å²) < 4.78 is 0. The molecule has 18 heavy (non-hydrogen) atoms. The van der Waals surface area contributed by atoms with Gasteiger partial charge in [-0.05, 0) is 39.8 Å². The third-order valence-corrected chi connectivity index (χ3v) is 5.04. The molecular weight excluding hydrogens is 226 g/mol. The number of likely N-dealkylation sites (tertiary alicyclic amines) is 1. The molecule has 2 N–H and O–H groups in total. The van der Waals surface area contributed by atoms with Crippen molar-refractivity contribution in [3.05, 3.63) is 0 Å². The minimum absolute atomic E-state index is 0.0405. The Hall–Kier alpha value is -0.610. The van der Waals surface area contributed by atoms with Crippen LogP contribution in [-0.4, -0.2) is 55.0 Å². The Balaban J connectivity index is 2.07.